The fraction of sp³-hybridized carbons (Fsp3) is 0.261. The van der Waals surface area contributed by atoms with Crippen LogP contribution in [0, 0.1) is 6.92 Å². The van der Waals surface area contributed by atoms with Crippen LogP contribution < -0.4 is 5.32 Å². The number of hydrogen-bond donors (Lipinski definition) is 2. The molecule has 8 heteroatoms. The topological polar surface area (TPSA) is 106 Å². The van der Waals surface area contributed by atoms with Crippen LogP contribution in [0.4, 0.5) is 0 Å². The largest absolute Gasteiger partial charge is 0.348 e. The molecule has 1 amide bonds. The number of amides is 1. The Morgan fingerprint density at radius 3 is 2.74 bits per heavy atom. The highest BCUT2D eigenvalue weighted by atomic mass is 16.2. The van der Waals surface area contributed by atoms with Gasteiger partial charge in [-0.1, -0.05) is 0 Å². The number of carbonyl (C=O) groups excluding carboxylic acids is 2. The average Bonchev–Trinajstić information content (AvgIpc) is 3.30. The predicted octanol–water partition coefficient (Wildman–Crippen LogP) is 2.70. The number of Topliss-reactive ketones (excluding diaryl/α,β-unsaturated/α-hetero) is 1. The van der Waals surface area contributed by atoms with Crippen molar-refractivity contribution >= 4 is 22.7 Å². The summed E-state index contributed by atoms with van der Waals surface area (Å²) in [6.45, 7) is 1.85. The Morgan fingerprint density at radius 2 is 2.03 bits per heavy atom. The Hall–Kier alpha value is -3.81. The Labute approximate surface area is 178 Å². The minimum absolute atomic E-state index is 0.0608. The van der Waals surface area contributed by atoms with Crippen LogP contribution in [-0.2, 0) is 17.3 Å². The molecule has 0 aliphatic heterocycles. The molecule has 0 radical (unpaired) electrons. The van der Waals surface area contributed by atoms with Crippen molar-refractivity contribution in [3.8, 4) is 11.1 Å². The summed E-state index contributed by atoms with van der Waals surface area (Å²) in [5, 5.41) is 7.77. The molecule has 8 nitrogen and oxygen atoms in total. The number of aromatic nitrogens is 5. The zero-order valence-corrected chi connectivity index (χ0v) is 17.3. The molecule has 0 atom stereocenters. The van der Waals surface area contributed by atoms with Crippen LogP contribution in [0.2, 0.25) is 0 Å². The Kier molecular flexibility index (Phi) is 4.43. The minimum atomic E-state index is -0.538. The molecule has 31 heavy (non-hydrogen) atoms. The summed E-state index contributed by atoms with van der Waals surface area (Å²) in [6, 6.07) is 5.75. The molecular formula is C23H22N6O2. The first-order chi connectivity index (χ1) is 15.0. The van der Waals surface area contributed by atoms with Gasteiger partial charge in [-0.2, -0.15) is 5.10 Å². The number of nitrogens with one attached hydrogen (secondary N) is 2. The van der Waals surface area contributed by atoms with E-state index in [-0.39, 0.29) is 18.2 Å². The maximum Gasteiger partial charge on any atom is 0.231 e. The van der Waals surface area contributed by atoms with Crippen LogP contribution in [0.5, 0.6) is 0 Å². The summed E-state index contributed by atoms with van der Waals surface area (Å²) in [7, 11) is 1.85. The number of fused-ring (bicyclic) bond motifs is 1. The van der Waals surface area contributed by atoms with Crippen molar-refractivity contribution < 1.29 is 9.59 Å². The Morgan fingerprint density at radius 1 is 1.19 bits per heavy atom. The van der Waals surface area contributed by atoms with E-state index >= 15 is 0 Å². The Balaban J connectivity index is 1.34. The molecule has 0 aromatic carbocycles. The van der Waals surface area contributed by atoms with E-state index in [1.165, 1.54) is 0 Å². The van der Waals surface area contributed by atoms with E-state index in [4.69, 9.17) is 0 Å². The summed E-state index contributed by atoms with van der Waals surface area (Å²) in [4.78, 5) is 37.5. The molecule has 4 aromatic heterocycles. The van der Waals surface area contributed by atoms with E-state index in [1.54, 1.807) is 29.5 Å². The summed E-state index contributed by atoms with van der Waals surface area (Å²) in [5.74, 6) is -0.271. The van der Waals surface area contributed by atoms with Gasteiger partial charge in [-0.25, -0.2) is 4.98 Å². The molecule has 1 saturated carbocycles. The molecule has 4 heterocycles. The number of rotatable bonds is 6. The second kappa shape index (κ2) is 7.16. The second-order valence-electron chi connectivity index (χ2n) is 8.10. The van der Waals surface area contributed by atoms with Crippen molar-refractivity contribution in [2.45, 2.75) is 25.2 Å². The van der Waals surface area contributed by atoms with Gasteiger partial charge in [-0.05, 0) is 43.5 Å². The number of nitrogens with zero attached hydrogens (tertiary/aromatic N) is 4. The van der Waals surface area contributed by atoms with Gasteiger partial charge in [0.2, 0.25) is 5.91 Å². The lowest BCUT2D eigenvalue weighted by molar-refractivity contribution is -0.123. The van der Waals surface area contributed by atoms with Gasteiger partial charge in [0.15, 0.2) is 5.78 Å². The quantitative estimate of drug-likeness (QED) is 0.472. The minimum Gasteiger partial charge on any atom is -0.348 e. The first-order valence-corrected chi connectivity index (χ1v) is 10.2. The molecule has 156 valence electrons. The highest BCUT2D eigenvalue weighted by Crippen LogP contribution is 2.48. The maximum atomic E-state index is 12.9. The highest BCUT2D eigenvalue weighted by molar-refractivity contribution is 6.10. The number of aromatic amines is 1. The molecule has 0 bridgehead atoms. The van der Waals surface area contributed by atoms with Crippen molar-refractivity contribution in [2.24, 2.45) is 7.05 Å². The number of carbonyl (C=O) groups is 2. The predicted molar refractivity (Wildman–Crippen MR) is 116 cm³/mol. The SMILES string of the molecule is Cc1cc(C2(C(=O)NCC(=O)c3c[nH]c4ncc(-c5cnn(C)c5)cc34)CC2)ccn1. The number of pyridine rings is 2. The monoisotopic (exact) mass is 414 g/mol. The van der Waals surface area contributed by atoms with E-state index in [1.807, 2.05) is 38.4 Å². The van der Waals surface area contributed by atoms with Crippen LogP contribution in [0.15, 0.2) is 49.2 Å². The van der Waals surface area contributed by atoms with Gasteiger partial charge in [0.1, 0.15) is 5.65 Å². The van der Waals surface area contributed by atoms with Crippen molar-refractivity contribution in [1.29, 1.82) is 0 Å². The standard InChI is InChI=1S/C23H22N6O2/c1-14-7-17(3-6-24-14)23(4-5-23)22(31)27-12-20(30)19-11-26-21-18(19)8-15(9-25-21)16-10-28-29(2)13-16/h3,6-11,13H,4-5,12H2,1-2H3,(H,25,26)(H,27,31). The molecule has 4 aromatic rings. The maximum absolute atomic E-state index is 12.9. The number of H-pyrrole nitrogens is 1. The van der Waals surface area contributed by atoms with Gasteiger partial charge in [-0.3, -0.25) is 19.3 Å². The fourth-order valence-corrected chi connectivity index (χ4v) is 4.00. The number of aryl methyl sites for hydroxylation is 2. The third kappa shape index (κ3) is 3.39. The van der Waals surface area contributed by atoms with Crippen molar-refractivity contribution in [3.63, 3.8) is 0 Å². The van der Waals surface area contributed by atoms with Crippen molar-refractivity contribution in [2.75, 3.05) is 6.54 Å². The summed E-state index contributed by atoms with van der Waals surface area (Å²) in [5.41, 5.74) is 4.25. The second-order valence-corrected chi connectivity index (χ2v) is 8.10. The molecule has 0 spiro atoms. The first kappa shape index (κ1) is 19.2. The number of ketones is 1. The Bertz CT molecular complexity index is 1310. The van der Waals surface area contributed by atoms with Crippen molar-refractivity contribution in [3.05, 3.63) is 66.0 Å². The fourth-order valence-electron chi connectivity index (χ4n) is 4.00. The third-order valence-electron chi connectivity index (χ3n) is 5.91. The van der Waals surface area contributed by atoms with E-state index in [0.29, 0.717) is 11.2 Å². The number of hydrogen-bond acceptors (Lipinski definition) is 5. The molecule has 0 saturated heterocycles. The van der Waals surface area contributed by atoms with Crippen LogP contribution >= 0.6 is 0 Å². The van der Waals surface area contributed by atoms with Crippen LogP contribution in [0.25, 0.3) is 22.2 Å². The van der Waals surface area contributed by atoms with Crippen LogP contribution in [0.3, 0.4) is 0 Å². The average molecular weight is 414 g/mol. The molecule has 0 unspecified atom stereocenters. The van der Waals surface area contributed by atoms with Gasteiger partial charge in [0, 0.05) is 59.6 Å². The highest BCUT2D eigenvalue weighted by Gasteiger charge is 2.51. The van der Waals surface area contributed by atoms with Crippen LogP contribution in [0.1, 0.15) is 34.5 Å². The van der Waals surface area contributed by atoms with Gasteiger partial charge in [0.25, 0.3) is 0 Å². The van der Waals surface area contributed by atoms with Gasteiger partial charge >= 0.3 is 0 Å². The van der Waals surface area contributed by atoms with Gasteiger partial charge < -0.3 is 10.3 Å². The molecule has 5 rings (SSSR count). The lowest BCUT2D eigenvalue weighted by Crippen LogP contribution is -2.37. The molecule has 2 N–H and O–H groups in total. The van der Waals surface area contributed by atoms with Gasteiger partial charge in [0.05, 0.1) is 18.2 Å². The lowest BCUT2D eigenvalue weighted by atomic mass is 9.95. The lowest BCUT2D eigenvalue weighted by Gasteiger charge is -2.15. The van der Waals surface area contributed by atoms with E-state index in [2.05, 4.69) is 25.4 Å². The summed E-state index contributed by atoms with van der Waals surface area (Å²) >= 11 is 0. The normalized spacial score (nSPS) is 14.5. The zero-order chi connectivity index (χ0) is 21.6. The third-order valence-corrected chi connectivity index (χ3v) is 5.91. The molecule has 1 aliphatic rings. The molecule has 1 fully saturated rings. The smallest absolute Gasteiger partial charge is 0.231 e. The first-order valence-electron chi connectivity index (χ1n) is 10.2. The summed E-state index contributed by atoms with van der Waals surface area (Å²) in [6.07, 6.45) is 10.3. The van der Waals surface area contributed by atoms with Crippen molar-refractivity contribution in [1.82, 2.24) is 30.0 Å². The van der Waals surface area contributed by atoms with E-state index in [9.17, 15) is 9.59 Å². The summed E-state index contributed by atoms with van der Waals surface area (Å²) < 4.78 is 1.72. The van der Waals surface area contributed by atoms with Gasteiger partial charge in [-0.15, -0.1) is 0 Å². The molecule has 1 aliphatic carbocycles. The zero-order valence-electron chi connectivity index (χ0n) is 17.3. The van der Waals surface area contributed by atoms with E-state index in [0.717, 1.165) is 40.6 Å². The molecular weight excluding hydrogens is 392 g/mol. The van der Waals surface area contributed by atoms with E-state index < -0.39 is 5.41 Å². The van der Waals surface area contributed by atoms with Crippen LogP contribution in [-0.4, -0.2) is 43.0 Å².